The maximum atomic E-state index is 11.9. The Balaban J connectivity index is 1.95. The highest BCUT2D eigenvalue weighted by Crippen LogP contribution is 2.11. The van der Waals surface area contributed by atoms with Gasteiger partial charge in [-0.2, -0.15) is 0 Å². The molecule has 1 aromatic carbocycles. The Morgan fingerprint density at radius 1 is 1.06 bits per heavy atom. The molecule has 0 radical (unpaired) electrons. The molecule has 0 fully saturated rings. The van der Waals surface area contributed by atoms with Crippen LogP contribution in [0.15, 0.2) is 47.1 Å². The van der Waals surface area contributed by atoms with Crippen molar-refractivity contribution in [3.05, 3.63) is 59.5 Å². The molecule has 2 aromatic rings. The molecule has 0 saturated heterocycles. The Morgan fingerprint density at radius 3 is 2.50 bits per heavy atom. The predicted molar refractivity (Wildman–Crippen MR) is 67.8 cm³/mol. The summed E-state index contributed by atoms with van der Waals surface area (Å²) in [5.74, 6) is 0.159. The van der Waals surface area contributed by atoms with Gasteiger partial charge in [-0.15, -0.1) is 0 Å². The summed E-state index contributed by atoms with van der Waals surface area (Å²) in [6, 6.07) is 10.7. The van der Waals surface area contributed by atoms with Gasteiger partial charge in [-0.25, -0.2) is 0 Å². The number of carbonyl (C=O) groups excluding carboxylic acids is 2. The molecule has 0 N–H and O–H groups in total. The average molecular weight is 242 g/mol. The molecule has 92 valence electrons. The van der Waals surface area contributed by atoms with E-state index in [-0.39, 0.29) is 24.4 Å². The molecule has 3 heteroatoms. The zero-order chi connectivity index (χ0) is 13.0. The van der Waals surface area contributed by atoms with Crippen molar-refractivity contribution in [1.82, 2.24) is 0 Å². The fraction of sp³-hybridized carbons (Fsp3) is 0.200. The van der Waals surface area contributed by atoms with Gasteiger partial charge >= 0.3 is 0 Å². The van der Waals surface area contributed by atoms with Crippen LogP contribution in [0.2, 0.25) is 0 Å². The van der Waals surface area contributed by atoms with Crippen LogP contribution in [0, 0.1) is 6.92 Å². The van der Waals surface area contributed by atoms with E-state index in [4.69, 9.17) is 4.42 Å². The first-order chi connectivity index (χ1) is 8.66. The molecule has 3 nitrogen and oxygen atoms in total. The van der Waals surface area contributed by atoms with Crippen molar-refractivity contribution < 1.29 is 14.0 Å². The van der Waals surface area contributed by atoms with Crippen LogP contribution in [-0.4, -0.2) is 11.6 Å². The summed E-state index contributed by atoms with van der Waals surface area (Å²) in [7, 11) is 0. The second-order valence-electron chi connectivity index (χ2n) is 4.19. The van der Waals surface area contributed by atoms with Crippen molar-refractivity contribution in [3.63, 3.8) is 0 Å². The fourth-order valence-corrected chi connectivity index (χ4v) is 1.75. The van der Waals surface area contributed by atoms with Crippen LogP contribution in [0.5, 0.6) is 0 Å². The van der Waals surface area contributed by atoms with E-state index >= 15 is 0 Å². The third kappa shape index (κ3) is 2.94. The van der Waals surface area contributed by atoms with Crippen molar-refractivity contribution in [2.24, 2.45) is 0 Å². The van der Waals surface area contributed by atoms with Gasteiger partial charge in [-0.05, 0) is 25.1 Å². The van der Waals surface area contributed by atoms with Gasteiger partial charge in [-0.1, -0.05) is 23.8 Å². The first-order valence-electron chi connectivity index (χ1n) is 5.83. The standard InChI is InChI=1S/C15H14O3/c1-11-4-2-5-12(10-11)13(16)7-8-14(17)15-6-3-9-18-15/h2-6,9-10H,7-8H2,1H3. The number of carbonyl (C=O) groups is 2. The van der Waals surface area contributed by atoms with E-state index in [0.29, 0.717) is 11.3 Å². The lowest BCUT2D eigenvalue weighted by molar-refractivity contribution is 0.0902. The first-order valence-corrected chi connectivity index (χ1v) is 5.83. The third-order valence-corrected chi connectivity index (χ3v) is 2.72. The first kappa shape index (κ1) is 12.3. The monoisotopic (exact) mass is 242 g/mol. The largest absolute Gasteiger partial charge is 0.461 e. The van der Waals surface area contributed by atoms with Crippen molar-refractivity contribution in [1.29, 1.82) is 0 Å². The summed E-state index contributed by atoms with van der Waals surface area (Å²) in [6.07, 6.45) is 1.85. The SMILES string of the molecule is Cc1cccc(C(=O)CCC(=O)c2ccco2)c1. The van der Waals surface area contributed by atoms with Crippen molar-refractivity contribution in [2.45, 2.75) is 19.8 Å². The van der Waals surface area contributed by atoms with Gasteiger partial charge in [-0.3, -0.25) is 9.59 Å². The van der Waals surface area contributed by atoms with E-state index in [1.54, 1.807) is 18.2 Å². The molecule has 0 amide bonds. The van der Waals surface area contributed by atoms with Crippen LogP contribution >= 0.6 is 0 Å². The number of hydrogen-bond acceptors (Lipinski definition) is 3. The zero-order valence-electron chi connectivity index (χ0n) is 10.2. The zero-order valence-corrected chi connectivity index (χ0v) is 10.2. The number of Topliss-reactive ketones (excluding diaryl/α,β-unsaturated/α-hetero) is 2. The molecule has 0 atom stereocenters. The summed E-state index contributed by atoms with van der Waals surface area (Å²) < 4.78 is 4.99. The smallest absolute Gasteiger partial charge is 0.198 e. The topological polar surface area (TPSA) is 47.3 Å². The molecule has 0 aliphatic heterocycles. The molecule has 1 heterocycles. The second-order valence-corrected chi connectivity index (χ2v) is 4.19. The van der Waals surface area contributed by atoms with E-state index in [1.807, 2.05) is 25.1 Å². The van der Waals surface area contributed by atoms with Gasteiger partial charge in [0.15, 0.2) is 17.3 Å². The van der Waals surface area contributed by atoms with Gasteiger partial charge in [0, 0.05) is 18.4 Å². The Hall–Kier alpha value is -2.16. The summed E-state index contributed by atoms with van der Waals surface area (Å²) in [5.41, 5.74) is 1.69. The fourth-order valence-electron chi connectivity index (χ4n) is 1.75. The summed E-state index contributed by atoms with van der Waals surface area (Å²) in [6.45, 7) is 1.94. The molecule has 0 aliphatic rings. The highest BCUT2D eigenvalue weighted by molar-refractivity contribution is 6.01. The third-order valence-electron chi connectivity index (χ3n) is 2.72. The Bertz CT molecular complexity index is 553. The quantitative estimate of drug-likeness (QED) is 0.754. The van der Waals surface area contributed by atoms with Gasteiger partial charge in [0.1, 0.15) is 0 Å². The summed E-state index contributed by atoms with van der Waals surface area (Å²) in [4.78, 5) is 23.6. The number of aryl methyl sites for hydroxylation is 1. The highest BCUT2D eigenvalue weighted by atomic mass is 16.3. The van der Waals surface area contributed by atoms with E-state index in [0.717, 1.165) is 5.56 Å². The molecule has 0 aliphatic carbocycles. The molecule has 0 unspecified atom stereocenters. The van der Waals surface area contributed by atoms with Crippen LogP contribution in [0.3, 0.4) is 0 Å². The molecular formula is C15H14O3. The normalized spacial score (nSPS) is 10.3. The van der Waals surface area contributed by atoms with E-state index < -0.39 is 0 Å². The Morgan fingerprint density at radius 2 is 1.83 bits per heavy atom. The lowest BCUT2D eigenvalue weighted by atomic mass is 10.0. The molecule has 1 aromatic heterocycles. The van der Waals surface area contributed by atoms with Crippen LogP contribution in [0.4, 0.5) is 0 Å². The molecule has 0 bridgehead atoms. The number of hydrogen-bond donors (Lipinski definition) is 0. The number of benzene rings is 1. The minimum absolute atomic E-state index is 0.0152. The molecule has 0 spiro atoms. The average Bonchev–Trinajstić information content (AvgIpc) is 2.89. The maximum absolute atomic E-state index is 11.9. The van der Waals surface area contributed by atoms with Crippen LogP contribution in [0.1, 0.15) is 39.3 Å². The number of rotatable bonds is 5. The summed E-state index contributed by atoms with van der Waals surface area (Å²) >= 11 is 0. The van der Waals surface area contributed by atoms with E-state index in [9.17, 15) is 9.59 Å². The highest BCUT2D eigenvalue weighted by Gasteiger charge is 2.12. The molecule has 18 heavy (non-hydrogen) atoms. The predicted octanol–water partition coefficient (Wildman–Crippen LogP) is 3.43. The van der Waals surface area contributed by atoms with E-state index in [2.05, 4.69) is 0 Å². The lowest BCUT2D eigenvalue weighted by Gasteiger charge is -2.01. The molecule has 2 rings (SSSR count). The van der Waals surface area contributed by atoms with Gasteiger partial charge in [0.25, 0.3) is 0 Å². The van der Waals surface area contributed by atoms with Crippen molar-refractivity contribution in [2.75, 3.05) is 0 Å². The lowest BCUT2D eigenvalue weighted by Crippen LogP contribution is -2.04. The molecular weight excluding hydrogens is 228 g/mol. The Labute approximate surface area is 105 Å². The van der Waals surface area contributed by atoms with Crippen LogP contribution in [0.25, 0.3) is 0 Å². The van der Waals surface area contributed by atoms with Crippen molar-refractivity contribution in [3.8, 4) is 0 Å². The Kier molecular flexibility index (Phi) is 3.72. The minimum atomic E-state index is -0.138. The van der Waals surface area contributed by atoms with Crippen molar-refractivity contribution >= 4 is 11.6 Å². The maximum Gasteiger partial charge on any atom is 0.198 e. The van der Waals surface area contributed by atoms with Gasteiger partial charge in [0.2, 0.25) is 0 Å². The number of furan rings is 1. The molecule has 0 saturated carbocycles. The minimum Gasteiger partial charge on any atom is -0.461 e. The number of ketones is 2. The van der Waals surface area contributed by atoms with E-state index in [1.165, 1.54) is 6.26 Å². The van der Waals surface area contributed by atoms with Crippen LogP contribution < -0.4 is 0 Å². The summed E-state index contributed by atoms with van der Waals surface area (Å²) in [5, 5.41) is 0. The van der Waals surface area contributed by atoms with Crippen LogP contribution in [-0.2, 0) is 0 Å². The van der Waals surface area contributed by atoms with Gasteiger partial charge < -0.3 is 4.42 Å². The second kappa shape index (κ2) is 5.45. The van der Waals surface area contributed by atoms with Gasteiger partial charge in [0.05, 0.1) is 6.26 Å².